The third kappa shape index (κ3) is 2.55. The summed E-state index contributed by atoms with van der Waals surface area (Å²) in [5.74, 6) is 0.711. The normalized spacial score (nSPS) is 21.4. The van der Waals surface area contributed by atoms with Crippen LogP contribution < -0.4 is 4.74 Å². The number of hydrogen-bond donors (Lipinski definition) is 0. The number of nitrogens with zero attached hydrogens (tertiary/aromatic N) is 1. The molecule has 3 nitrogen and oxygen atoms in total. The Morgan fingerprint density at radius 2 is 1.62 bits per heavy atom. The highest BCUT2D eigenvalue weighted by molar-refractivity contribution is 5.90. The lowest BCUT2D eigenvalue weighted by atomic mass is 9.91. The van der Waals surface area contributed by atoms with Crippen LogP contribution in [0.5, 0.6) is 5.75 Å². The third-order valence-electron chi connectivity index (χ3n) is 3.54. The molecule has 0 bridgehead atoms. The Morgan fingerprint density at radius 3 is 2.24 bits per heavy atom. The second-order valence-corrected chi connectivity index (χ2v) is 4.93. The van der Waals surface area contributed by atoms with Gasteiger partial charge >= 0.3 is 0 Å². The number of carbonyl (C=O) groups is 1. The minimum Gasteiger partial charge on any atom is -0.478 e. The smallest absolute Gasteiger partial charge is 0.270 e. The van der Waals surface area contributed by atoms with Crippen LogP contribution in [0, 0.1) is 0 Å². The maximum absolute atomic E-state index is 12.3. The topological polar surface area (TPSA) is 29.5 Å². The maximum atomic E-state index is 12.3. The van der Waals surface area contributed by atoms with E-state index in [0.717, 1.165) is 11.3 Å². The fourth-order valence-corrected chi connectivity index (χ4v) is 2.56. The van der Waals surface area contributed by atoms with E-state index >= 15 is 0 Å². The number of likely N-dealkylation sites (tertiary alicyclic amines) is 1. The van der Waals surface area contributed by atoms with Crippen molar-refractivity contribution in [1.29, 1.82) is 0 Å². The van der Waals surface area contributed by atoms with Crippen molar-refractivity contribution in [2.24, 2.45) is 0 Å². The van der Waals surface area contributed by atoms with Gasteiger partial charge in [-0.2, -0.15) is 0 Å². The van der Waals surface area contributed by atoms with E-state index in [-0.39, 0.29) is 11.9 Å². The first-order chi connectivity index (χ1) is 10.3. The minimum absolute atomic E-state index is 0.00851. The molecule has 1 heterocycles. The predicted molar refractivity (Wildman–Crippen MR) is 81.7 cm³/mol. The molecule has 1 saturated heterocycles. The summed E-state index contributed by atoms with van der Waals surface area (Å²) in [6.07, 6.45) is 3.21. The summed E-state index contributed by atoms with van der Waals surface area (Å²) in [5.41, 5.74) is 1.08. The van der Waals surface area contributed by atoms with Gasteiger partial charge < -0.3 is 9.64 Å². The SMILES string of the molecule is C/C=C/N1C(=O)[C@@H](Oc2ccccc2)[C@H]1c1ccccc1. The summed E-state index contributed by atoms with van der Waals surface area (Å²) in [4.78, 5) is 14.0. The maximum Gasteiger partial charge on any atom is 0.270 e. The highest BCUT2D eigenvalue weighted by Gasteiger charge is 2.49. The predicted octanol–water partition coefficient (Wildman–Crippen LogP) is 3.55. The number of β-lactam (4-membered cyclic amide) rings is 1. The van der Waals surface area contributed by atoms with Crippen LogP contribution in [0.15, 0.2) is 72.9 Å². The molecular formula is C18H17NO2. The summed E-state index contributed by atoms with van der Waals surface area (Å²) >= 11 is 0. The molecule has 0 saturated carbocycles. The van der Waals surface area contributed by atoms with Gasteiger partial charge in [-0.05, 0) is 24.6 Å². The van der Waals surface area contributed by atoms with Crippen LogP contribution in [-0.4, -0.2) is 16.9 Å². The number of allylic oxidation sites excluding steroid dienone is 1. The highest BCUT2D eigenvalue weighted by atomic mass is 16.5. The second-order valence-electron chi connectivity index (χ2n) is 4.93. The van der Waals surface area contributed by atoms with Crippen LogP contribution in [0.4, 0.5) is 0 Å². The highest BCUT2D eigenvalue weighted by Crippen LogP contribution is 2.37. The molecule has 2 aromatic rings. The Hall–Kier alpha value is -2.55. The molecule has 3 rings (SSSR count). The molecule has 2 aromatic carbocycles. The Morgan fingerprint density at radius 1 is 1.00 bits per heavy atom. The van der Waals surface area contributed by atoms with Gasteiger partial charge in [-0.15, -0.1) is 0 Å². The summed E-state index contributed by atoms with van der Waals surface area (Å²) in [6, 6.07) is 19.4. The van der Waals surface area contributed by atoms with E-state index in [0.29, 0.717) is 0 Å². The van der Waals surface area contributed by atoms with E-state index in [9.17, 15) is 4.79 Å². The first kappa shape index (κ1) is 13.4. The number of amides is 1. The Balaban J connectivity index is 1.86. The third-order valence-corrected chi connectivity index (χ3v) is 3.54. The van der Waals surface area contributed by atoms with E-state index in [1.165, 1.54) is 0 Å². The lowest BCUT2D eigenvalue weighted by Gasteiger charge is -2.44. The number of carbonyl (C=O) groups excluding carboxylic acids is 1. The Kier molecular flexibility index (Phi) is 3.73. The molecular weight excluding hydrogens is 262 g/mol. The van der Waals surface area contributed by atoms with Gasteiger partial charge in [0.25, 0.3) is 5.91 Å². The van der Waals surface area contributed by atoms with Crippen molar-refractivity contribution in [1.82, 2.24) is 4.90 Å². The van der Waals surface area contributed by atoms with Gasteiger partial charge in [0.15, 0.2) is 0 Å². The molecule has 1 aliphatic heterocycles. The Bertz CT molecular complexity index is 637. The number of rotatable bonds is 4. The molecule has 0 aromatic heterocycles. The lowest BCUT2D eigenvalue weighted by molar-refractivity contribution is -0.158. The van der Waals surface area contributed by atoms with Crippen molar-refractivity contribution in [2.45, 2.75) is 19.1 Å². The Labute approximate surface area is 124 Å². The van der Waals surface area contributed by atoms with Crippen molar-refractivity contribution in [2.75, 3.05) is 0 Å². The number of hydrogen-bond acceptors (Lipinski definition) is 2. The zero-order chi connectivity index (χ0) is 14.7. The van der Waals surface area contributed by atoms with Gasteiger partial charge in [-0.1, -0.05) is 54.6 Å². The summed E-state index contributed by atoms with van der Waals surface area (Å²) < 4.78 is 5.88. The quantitative estimate of drug-likeness (QED) is 0.801. The van der Waals surface area contributed by atoms with Gasteiger partial charge in [-0.25, -0.2) is 0 Å². The molecule has 21 heavy (non-hydrogen) atoms. The van der Waals surface area contributed by atoms with Crippen molar-refractivity contribution < 1.29 is 9.53 Å². The second kappa shape index (κ2) is 5.83. The van der Waals surface area contributed by atoms with Crippen molar-refractivity contribution in [3.63, 3.8) is 0 Å². The fraction of sp³-hybridized carbons (Fsp3) is 0.167. The molecule has 1 fully saturated rings. The van der Waals surface area contributed by atoms with Crippen molar-refractivity contribution in [3.8, 4) is 5.75 Å². The molecule has 3 heteroatoms. The fourth-order valence-electron chi connectivity index (χ4n) is 2.56. The van der Waals surface area contributed by atoms with Crippen LogP contribution in [0.25, 0.3) is 0 Å². The first-order valence-corrected chi connectivity index (χ1v) is 7.03. The van der Waals surface area contributed by atoms with E-state index in [2.05, 4.69) is 0 Å². The van der Waals surface area contributed by atoms with Gasteiger partial charge in [0.2, 0.25) is 6.10 Å². The average molecular weight is 279 g/mol. The molecule has 0 N–H and O–H groups in total. The van der Waals surface area contributed by atoms with E-state index in [1.54, 1.807) is 4.90 Å². The number of benzene rings is 2. The monoisotopic (exact) mass is 279 g/mol. The van der Waals surface area contributed by atoms with Gasteiger partial charge in [0.1, 0.15) is 11.8 Å². The van der Waals surface area contributed by atoms with Crippen LogP contribution >= 0.6 is 0 Å². The summed E-state index contributed by atoms with van der Waals surface area (Å²) in [6.45, 7) is 1.90. The van der Waals surface area contributed by atoms with E-state index in [4.69, 9.17) is 4.74 Å². The molecule has 0 aliphatic carbocycles. The van der Waals surface area contributed by atoms with Crippen LogP contribution in [0.3, 0.4) is 0 Å². The first-order valence-electron chi connectivity index (χ1n) is 7.03. The molecule has 2 atom stereocenters. The standard InChI is InChI=1S/C18H17NO2/c1-2-13-19-16(14-9-5-3-6-10-14)17(18(19)20)21-15-11-7-4-8-12-15/h2-13,16-17H,1H3/b13-2+/t16-,17+/m1/s1. The minimum atomic E-state index is -0.467. The van der Waals surface area contributed by atoms with Gasteiger partial charge in [-0.3, -0.25) is 4.79 Å². The molecule has 106 valence electrons. The van der Waals surface area contributed by atoms with Crippen molar-refractivity contribution >= 4 is 5.91 Å². The van der Waals surface area contributed by atoms with Crippen molar-refractivity contribution in [3.05, 3.63) is 78.5 Å². The molecule has 0 unspecified atom stereocenters. The zero-order valence-electron chi connectivity index (χ0n) is 11.8. The number of para-hydroxylation sites is 1. The lowest BCUT2D eigenvalue weighted by Crippen LogP contribution is -2.58. The zero-order valence-corrected chi connectivity index (χ0v) is 11.8. The van der Waals surface area contributed by atoms with Crippen LogP contribution in [0.1, 0.15) is 18.5 Å². The largest absolute Gasteiger partial charge is 0.478 e. The molecule has 1 aliphatic rings. The summed E-state index contributed by atoms with van der Waals surface area (Å²) in [7, 11) is 0. The van der Waals surface area contributed by atoms with Crippen LogP contribution in [-0.2, 0) is 4.79 Å². The van der Waals surface area contributed by atoms with Gasteiger partial charge in [0, 0.05) is 6.20 Å². The van der Waals surface area contributed by atoms with E-state index < -0.39 is 6.10 Å². The summed E-state index contributed by atoms with van der Waals surface area (Å²) in [5, 5.41) is 0. The molecule has 0 spiro atoms. The number of ether oxygens (including phenoxy) is 1. The van der Waals surface area contributed by atoms with Gasteiger partial charge in [0.05, 0.1) is 0 Å². The molecule has 1 amide bonds. The average Bonchev–Trinajstić information content (AvgIpc) is 2.55. The molecule has 0 radical (unpaired) electrons. The van der Waals surface area contributed by atoms with Crippen LogP contribution in [0.2, 0.25) is 0 Å². The van der Waals surface area contributed by atoms with E-state index in [1.807, 2.05) is 79.9 Å².